The van der Waals surface area contributed by atoms with E-state index in [-0.39, 0.29) is 5.97 Å². The Morgan fingerprint density at radius 2 is 1.27 bits per heavy atom. The van der Waals surface area contributed by atoms with E-state index >= 15 is 0 Å². The van der Waals surface area contributed by atoms with Crippen LogP contribution in [0.15, 0.2) is 0 Å². The molecule has 0 heterocycles. The second-order valence-corrected chi connectivity index (χ2v) is 6.39. The van der Waals surface area contributed by atoms with Crippen LogP contribution in [0, 0.1) is 0 Å². The van der Waals surface area contributed by atoms with Crippen molar-refractivity contribution in [2.45, 2.75) is 109 Å². The molecule has 3 heteroatoms. The second-order valence-electron chi connectivity index (χ2n) is 6.39. The van der Waals surface area contributed by atoms with Crippen molar-refractivity contribution in [2.75, 3.05) is 7.11 Å². The molecule has 0 aliphatic rings. The first-order valence-electron chi connectivity index (χ1n) is 9.41. The van der Waals surface area contributed by atoms with Gasteiger partial charge in [-0.05, 0) is 19.3 Å². The fourth-order valence-corrected chi connectivity index (χ4v) is 2.73. The summed E-state index contributed by atoms with van der Waals surface area (Å²) >= 11 is 0. The number of halogens is 1. The summed E-state index contributed by atoms with van der Waals surface area (Å²) in [6.45, 7) is 2.23. The molecule has 0 aromatic rings. The Balaban J connectivity index is 3.19. The van der Waals surface area contributed by atoms with Gasteiger partial charge in [-0.2, -0.15) is 0 Å². The van der Waals surface area contributed by atoms with Gasteiger partial charge in [0.2, 0.25) is 0 Å². The van der Waals surface area contributed by atoms with Gasteiger partial charge in [-0.15, -0.1) is 0 Å². The maximum absolute atomic E-state index is 13.7. The minimum atomic E-state index is -0.606. The number of ether oxygens (including phenoxy) is 1. The Bertz CT molecular complexity index is 244. The van der Waals surface area contributed by atoms with Crippen LogP contribution in [0.3, 0.4) is 0 Å². The zero-order valence-electron chi connectivity index (χ0n) is 14.9. The molecular weight excluding hydrogens is 279 g/mol. The Labute approximate surface area is 137 Å². The normalized spacial score (nSPS) is 12.3. The van der Waals surface area contributed by atoms with E-state index in [0.29, 0.717) is 12.8 Å². The topological polar surface area (TPSA) is 26.3 Å². The van der Waals surface area contributed by atoms with Crippen molar-refractivity contribution < 1.29 is 13.9 Å². The number of hydrogen-bond donors (Lipinski definition) is 0. The highest BCUT2D eigenvalue weighted by atomic mass is 19.1. The summed E-state index contributed by atoms with van der Waals surface area (Å²) in [6.07, 6.45) is 15.3. The van der Waals surface area contributed by atoms with Crippen LogP contribution >= 0.6 is 0 Å². The number of esters is 1. The van der Waals surface area contributed by atoms with Crippen LogP contribution < -0.4 is 0 Å². The van der Waals surface area contributed by atoms with Gasteiger partial charge in [-0.1, -0.05) is 77.6 Å². The average Bonchev–Trinajstić information content (AvgIpc) is 2.52. The summed E-state index contributed by atoms with van der Waals surface area (Å²) in [5.41, 5.74) is 0. The third-order valence-corrected chi connectivity index (χ3v) is 4.25. The third-order valence-electron chi connectivity index (χ3n) is 4.25. The smallest absolute Gasteiger partial charge is 0.305 e. The van der Waals surface area contributed by atoms with Crippen LogP contribution in [0.5, 0.6) is 0 Å². The molecule has 0 fully saturated rings. The lowest BCUT2D eigenvalue weighted by molar-refractivity contribution is -0.140. The van der Waals surface area contributed by atoms with Gasteiger partial charge in [-0.25, -0.2) is 4.39 Å². The fraction of sp³-hybridized carbons (Fsp3) is 0.947. The van der Waals surface area contributed by atoms with Gasteiger partial charge in [0.15, 0.2) is 0 Å². The summed E-state index contributed by atoms with van der Waals surface area (Å²) in [7, 11) is 1.43. The third kappa shape index (κ3) is 15.8. The number of rotatable bonds is 16. The van der Waals surface area contributed by atoms with Crippen molar-refractivity contribution in [1.29, 1.82) is 0 Å². The molecule has 1 unspecified atom stereocenters. The van der Waals surface area contributed by atoms with Gasteiger partial charge >= 0.3 is 5.97 Å². The molecule has 2 nitrogen and oxygen atoms in total. The highest BCUT2D eigenvalue weighted by molar-refractivity contribution is 5.68. The van der Waals surface area contributed by atoms with Gasteiger partial charge in [0.05, 0.1) is 7.11 Å². The van der Waals surface area contributed by atoms with E-state index in [1.807, 2.05) is 0 Å². The van der Waals surface area contributed by atoms with Gasteiger partial charge in [-0.3, -0.25) is 4.79 Å². The van der Waals surface area contributed by atoms with E-state index in [4.69, 9.17) is 0 Å². The SMILES string of the molecule is CCCCCCCCCC(F)CCCCCCCC(=O)OC. The molecule has 132 valence electrons. The van der Waals surface area contributed by atoms with Crippen molar-refractivity contribution in [2.24, 2.45) is 0 Å². The highest BCUT2D eigenvalue weighted by Crippen LogP contribution is 2.16. The maximum atomic E-state index is 13.7. The lowest BCUT2D eigenvalue weighted by Crippen LogP contribution is -2.00. The first-order valence-corrected chi connectivity index (χ1v) is 9.41. The Hall–Kier alpha value is -0.600. The molecule has 22 heavy (non-hydrogen) atoms. The summed E-state index contributed by atoms with van der Waals surface area (Å²) < 4.78 is 18.3. The van der Waals surface area contributed by atoms with Gasteiger partial charge in [0, 0.05) is 6.42 Å². The standard InChI is InChI=1S/C19H37FO2/c1-3-4-5-6-7-9-12-15-18(20)16-13-10-8-11-14-17-19(21)22-2/h18H,3-17H2,1-2H3. The molecule has 0 radical (unpaired) electrons. The lowest BCUT2D eigenvalue weighted by Gasteiger charge is -2.08. The van der Waals surface area contributed by atoms with Crippen molar-refractivity contribution in [3.8, 4) is 0 Å². The highest BCUT2D eigenvalue weighted by Gasteiger charge is 2.06. The van der Waals surface area contributed by atoms with Crippen LogP contribution in [0.25, 0.3) is 0 Å². The van der Waals surface area contributed by atoms with E-state index < -0.39 is 6.17 Å². The van der Waals surface area contributed by atoms with Gasteiger partial charge in [0.25, 0.3) is 0 Å². The van der Waals surface area contributed by atoms with E-state index in [1.54, 1.807) is 0 Å². The molecule has 0 aliphatic carbocycles. The number of alkyl halides is 1. The van der Waals surface area contributed by atoms with Crippen LogP contribution in [0.4, 0.5) is 4.39 Å². The molecule has 0 saturated carbocycles. The van der Waals surface area contributed by atoms with E-state index in [1.165, 1.54) is 45.6 Å². The first-order chi connectivity index (χ1) is 10.7. The predicted molar refractivity (Wildman–Crippen MR) is 91.8 cm³/mol. The molecule has 0 rings (SSSR count). The molecular formula is C19H37FO2. The number of unbranched alkanes of at least 4 members (excludes halogenated alkanes) is 10. The summed E-state index contributed by atoms with van der Waals surface area (Å²) in [5.74, 6) is -0.126. The summed E-state index contributed by atoms with van der Waals surface area (Å²) in [5, 5.41) is 0. The molecule has 1 atom stereocenters. The minimum Gasteiger partial charge on any atom is -0.469 e. The van der Waals surface area contributed by atoms with Crippen molar-refractivity contribution in [3.63, 3.8) is 0 Å². The van der Waals surface area contributed by atoms with Crippen molar-refractivity contribution >= 4 is 5.97 Å². The van der Waals surface area contributed by atoms with Crippen LogP contribution in [0.2, 0.25) is 0 Å². The zero-order chi connectivity index (χ0) is 16.5. The minimum absolute atomic E-state index is 0.126. The zero-order valence-corrected chi connectivity index (χ0v) is 14.9. The average molecular weight is 317 g/mol. The van der Waals surface area contributed by atoms with Gasteiger partial charge in [0.1, 0.15) is 6.17 Å². The Morgan fingerprint density at radius 3 is 1.77 bits per heavy atom. The monoisotopic (exact) mass is 316 g/mol. The Morgan fingerprint density at radius 1 is 0.818 bits per heavy atom. The molecule has 0 spiro atoms. The quantitative estimate of drug-likeness (QED) is 0.244. The fourth-order valence-electron chi connectivity index (χ4n) is 2.73. The largest absolute Gasteiger partial charge is 0.469 e. The predicted octanol–water partition coefficient (Wildman–Crippen LogP) is 6.37. The number of hydrogen-bond acceptors (Lipinski definition) is 2. The Kier molecular flexibility index (Phi) is 16.3. The van der Waals surface area contributed by atoms with Crippen molar-refractivity contribution in [1.82, 2.24) is 0 Å². The molecule has 0 aliphatic heterocycles. The van der Waals surface area contributed by atoms with Crippen LogP contribution in [-0.4, -0.2) is 19.3 Å². The number of carbonyl (C=O) groups is 1. The molecule has 0 aromatic heterocycles. The van der Waals surface area contributed by atoms with Crippen LogP contribution in [-0.2, 0) is 9.53 Å². The van der Waals surface area contributed by atoms with E-state index in [0.717, 1.165) is 44.9 Å². The van der Waals surface area contributed by atoms with E-state index in [2.05, 4.69) is 11.7 Å². The van der Waals surface area contributed by atoms with Crippen molar-refractivity contribution in [3.05, 3.63) is 0 Å². The summed E-state index contributed by atoms with van der Waals surface area (Å²) in [6, 6.07) is 0. The van der Waals surface area contributed by atoms with E-state index in [9.17, 15) is 9.18 Å². The van der Waals surface area contributed by atoms with Crippen LogP contribution in [0.1, 0.15) is 103 Å². The number of carbonyl (C=O) groups excluding carboxylic acids is 1. The molecule has 0 bridgehead atoms. The van der Waals surface area contributed by atoms with Gasteiger partial charge < -0.3 is 4.74 Å². The maximum Gasteiger partial charge on any atom is 0.305 e. The lowest BCUT2D eigenvalue weighted by atomic mass is 10.0. The summed E-state index contributed by atoms with van der Waals surface area (Å²) in [4.78, 5) is 10.9. The first kappa shape index (κ1) is 21.4. The molecule has 0 aromatic carbocycles. The number of methoxy groups -OCH3 is 1. The molecule has 0 saturated heterocycles. The molecule has 0 N–H and O–H groups in total. The second kappa shape index (κ2) is 16.8. The molecule has 0 amide bonds.